The van der Waals surface area contributed by atoms with Crippen LogP contribution in [0.25, 0.3) is 0 Å². The summed E-state index contributed by atoms with van der Waals surface area (Å²) in [5.41, 5.74) is 2.28. The molecule has 1 saturated carbocycles. The number of hydrogen-bond donors (Lipinski definition) is 1. The van der Waals surface area contributed by atoms with Crippen LogP contribution in [-0.2, 0) is 17.8 Å². The van der Waals surface area contributed by atoms with Crippen LogP contribution in [0, 0.1) is 5.92 Å². The van der Waals surface area contributed by atoms with Crippen molar-refractivity contribution in [3.63, 3.8) is 0 Å². The molecule has 1 heterocycles. The van der Waals surface area contributed by atoms with Crippen molar-refractivity contribution in [1.29, 1.82) is 0 Å². The number of carbonyl (C=O) groups excluding carboxylic acids is 2. The number of benzene rings is 1. The first kappa shape index (κ1) is 16.4. The van der Waals surface area contributed by atoms with Gasteiger partial charge in [0.05, 0.1) is 0 Å². The topological polar surface area (TPSA) is 59.1 Å². The van der Waals surface area contributed by atoms with Crippen LogP contribution in [0.5, 0.6) is 0 Å². The molecule has 2 aromatic rings. The highest BCUT2D eigenvalue weighted by molar-refractivity contribution is 5.94. The first-order valence-corrected chi connectivity index (χ1v) is 8.52. The SMILES string of the molecule is O=C(NCc1ccccc1)c1ccnc(CC(=O)C2CCCC2)c1. The molecule has 1 aliphatic carbocycles. The van der Waals surface area contributed by atoms with Crippen molar-refractivity contribution < 1.29 is 9.59 Å². The van der Waals surface area contributed by atoms with E-state index in [0.717, 1.165) is 31.2 Å². The second-order valence-corrected chi connectivity index (χ2v) is 6.33. The summed E-state index contributed by atoms with van der Waals surface area (Å²) in [5, 5.41) is 2.90. The van der Waals surface area contributed by atoms with E-state index < -0.39 is 0 Å². The number of amides is 1. The fourth-order valence-electron chi connectivity index (χ4n) is 3.17. The molecule has 0 spiro atoms. The molecule has 24 heavy (non-hydrogen) atoms. The molecule has 0 radical (unpaired) electrons. The zero-order valence-corrected chi connectivity index (χ0v) is 13.7. The van der Waals surface area contributed by atoms with Crippen LogP contribution in [0.3, 0.4) is 0 Å². The predicted molar refractivity (Wildman–Crippen MR) is 92.5 cm³/mol. The van der Waals surface area contributed by atoms with Gasteiger partial charge in [-0.05, 0) is 30.5 Å². The van der Waals surface area contributed by atoms with Gasteiger partial charge in [-0.2, -0.15) is 0 Å². The van der Waals surface area contributed by atoms with Gasteiger partial charge in [0.15, 0.2) is 0 Å². The van der Waals surface area contributed by atoms with E-state index in [1.165, 1.54) is 0 Å². The minimum Gasteiger partial charge on any atom is -0.348 e. The quantitative estimate of drug-likeness (QED) is 0.887. The molecule has 124 valence electrons. The lowest BCUT2D eigenvalue weighted by Gasteiger charge is -2.09. The third-order valence-corrected chi connectivity index (χ3v) is 4.54. The Morgan fingerprint density at radius 1 is 1.08 bits per heavy atom. The zero-order chi connectivity index (χ0) is 16.8. The number of ketones is 1. The fraction of sp³-hybridized carbons (Fsp3) is 0.350. The molecule has 0 unspecified atom stereocenters. The Morgan fingerprint density at radius 3 is 2.58 bits per heavy atom. The Morgan fingerprint density at radius 2 is 1.83 bits per heavy atom. The summed E-state index contributed by atoms with van der Waals surface area (Å²) in [6, 6.07) is 13.2. The fourth-order valence-corrected chi connectivity index (χ4v) is 3.17. The maximum atomic E-state index is 12.3. The molecule has 1 aliphatic rings. The average molecular weight is 322 g/mol. The molecule has 4 heteroatoms. The lowest BCUT2D eigenvalue weighted by molar-refractivity contribution is -0.122. The monoisotopic (exact) mass is 322 g/mol. The second kappa shape index (κ2) is 7.86. The Labute approximate surface area is 142 Å². The normalized spacial score (nSPS) is 14.5. The smallest absolute Gasteiger partial charge is 0.251 e. The van der Waals surface area contributed by atoms with E-state index in [9.17, 15) is 9.59 Å². The van der Waals surface area contributed by atoms with Crippen molar-refractivity contribution in [3.8, 4) is 0 Å². The zero-order valence-electron chi connectivity index (χ0n) is 13.7. The van der Waals surface area contributed by atoms with Crippen molar-refractivity contribution in [2.75, 3.05) is 0 Å². The van der Waals surface area contributed by atoms with Crippen LogP contribution in [0.15, 0.2) is 48.7 Å². The van der Waals surface area contributed by atoms with E-state index in [1.54, 1.807) is 18.3 Å². The van der Waals surface area contributed by atoms with Crippen molar-refractivity contribution in [3.05, 3.63) is 65.5 Å². The second-order valence-electron chi connectivity index (χ2n) is 6.33. The van der Waals surface area contributed by atoms with Crippen LogP contribution in [-0.4, -0.2) is 16.7 Å². The number of rotatable bonds is 6. The van der Waals surface area contributed by atoms with Gasteiger partial charge < -0.3 is 5.32 Å². The molecule has 1 fully saturated rings. The van der Waals surface area contributed by atoms with Gasteiger partial charge in [-0.1, -0.05) is 43.2 Å². The highest BCUT2D eigenvalue weighted by Crippen LogP contribution is 2.26. The summed E-state index contributed by atoms with van der Waals surface area (Å²) < 4.78 is 0. The van der Waals surface area contributed by atoms with E-state index in [2.05, 4.69) is 10.3 Å². The maximum absolute atomic E-state index is 12.3. The van der Waals surface area contributed by atoms with Gasteiger partial charge in [-0.25, -0.2) is 0 Å². The van der Waals surface area contributed by atoms with Crippen LogP contribution in [0.1, 0.15) is 47.3 Å². The van der Waals surface area contributed by atoms with Crippen LogP contribution in [0.2, 0.25) is 0 Å². The van der Waals surface area contributed by atoms with Gasteiger partial charge in [0.2, 0.25) is 0 Å². The molecule has 1 aromatic heterocycles. The molecule has 1 aromatic carbocycles. The average Bonchev–Trinajstić information content (AvgIpc) is 3.15. The van der Waals surface area contributed by atoms with E-state index in [4.69, 9.17) is 0 Å². The largest absolute Gasteiger partial charge is 0.348 e. The molecule has 0 aliphatic heterocycles. The first-order valence-electron chi connectivity index (χ1n) is 8.52. The lowest BCUT2D eigenvalue weighted by Crippen LogP contribution is -2.23. The summed E-state index contributed by atoms with van der Waals surface area (Å²) in [6.07, 6.45) is 6.21. The molecular weight excluding hydrogens is 300 g/mol. The van der Waals surface area contributed by atoms with Gasteiger partial charge in [-0.3, -0.25) is 14.6 Å². The number of nitrogens with one attached hydrogen (secondary N) is 1. The van der Waals surface area contributed by atoms with Crippen molar-refractivity contribution in [2.45, 2.75) is 38.6 Å². The van der Waals surface area contributed by atoms with Gasteiger partial charge in [-0.15, -0.1) is 0 Å². The van der Waals surface area contributed by atoms with Crippen LogP contribution in [0.4, 0.5) is 0 Å². The highest BCUT2D eigenvalue weighted by atomic mass is 16.1. The minimum absolute atomic E-state index is 0.143. The maximum Gasteiger partial charge on any atom is 0.251 e. The Kier molecular flexibility index (Phi) is 5.36. The number of nitrogens with zero attached hydrogens (tertiary/aromatic N) is 1. The Balaban J connectivity index is 1.59. The van der Waals surface area contributed by atoms with Crippen molar-refractivity contribution in [2.24, 2.45) is 5.92 Å². The van der Waals surface area contributed by atoms with E-state index in [-0.39, 0.29) is 17.6 Å². The summed E-state index contributed by atoms with van der Waals surface area (Å²) in [6.45, 7) is 0.484. The molecule has 0 atom stereocenters. The third-order valence-electron chi connectivity index (χ3n) is 4.54. The van der Waals surface area contributed by atoms with Crippen LogP contribution < -0.4 is 5.32 Å². The minimum atomic E-state index is -0.143. The molecule has 4 nitrogen and oxygen atoms in total. The molecule has 1 amide bonds. The lowest BCUT2D eigenvalue weighted by atomic mass is 9.98. The summed E-state index contributed by atoms with van der Waals surface area (Å²) in [5.74, 6) is 0.292. The third kappa shape index (κ3) is 4.28. The summed E-state index contributed by atoms with van der Waals surface area (Å²) in [4.78, 5) is 28.8. The molecule has 0 bridgehead atoms. The number of carbonyl (C=O) groups is 2. The number of Topliss-reactive ketones (excluding diaryl/α,β-unsaturated/α-hetero) is 1. The van der Waals surface area contributed by atoms with E-state index in [1.807, 2.05) is 30.3 Å². The predicted octanol–water partition coefficient (Wildman–Crippen LogP) is 3.31. The van der Waals surface area contributed by atoms with Crippen molar-refractivity contribution in [1.82, 2.24) is 10.3 Å². The molecule has 3 rings (SSSR count). The Hall–Kier alpha value is -2.49. The number of pyridine rings is 1. The number of hydrogen-bond acceptors (Lipinski definition) is 3. The molecule has 1 N–H and O–H groups in total. The highest BCUT2D eigenvalue weighted by Gasteiger charge is 2.23. The Bertz CT molecular complexity index is 707. The van der Waals surface area contributed by atoms with Gasteiger partial charge >= 0.3 is 0 Å². The number of aromatic nitrogens is 1. The van der Waals surface area contributed by atoms with Gasteiger partial charge in [0.1, 0.15) is 5.78 Å². The first-order chi connectivity index (χ1) is 11.7. The summed E-state index contributed by atoms with van der Waals surface area (Å²) in [7, 11) is 0. The van der Waals surface area contributed by atoms with Gasteiger partial charge in [0, 0.05) is 36.3 Å². The van der Waals surface area contributed by atoms with Crippen LogP contribution >= 0.6 is 0 Å². The molecule has 0 saturated heterocycles. The van der Waals surface area contributed by atoms with E-state index >= 15 is 0 Å². The van der Waals surface area contributed by atoms with Crippen molar-refractivity contribution >= 4 is 11.7 Å². The summed E-state index contributed by atoms with van der Waals surface area (Å²) >= 11 is 0. The van der Waals surface area contributed by atoms with E-state index in [0.29, 0.717) is 24.2 Å². The standard InChI is InChI=1S/C20H22N2O2/c23-19(16-8-4-5-9-16)13-18-12-17(10-11-21-18)20(24)22-14-15-6-2-1-3-7-15/h1-3,6-7,10-12,16H,4-5,8-9,13-14H2,(H,22,24). The molecular formula is C20H22N2O2. The van der Waals surface area contributed by atoms with Gasteiger partial charge in [0.25, 0.3) is 5.91 Å².